The van der Waals surface area contributed by atoms with Crippen molar-refractivity contribution < 1.29 is 14.7 Å². The van der Waals surface area contributed by atoms with Crippen LogP contribution in [0.25, 0.3) is 10.9 Å². The summed E-state index contributed by atoms with van der Waals surface area (Å²) in [5, 5.41) is 19.3. The maximum Gasteiger partial charge on any atom is 0.308 e. The van der Waals surface area contributed by atoms with Crippen LogP contribution in [0.4, 0.5) is 0 Å². The normalized spacial score (nSPS) is 12.2. The zero-order valence-electron chi connectivity index (χ0n) is 11.2. The molecule has 6 heteroatoms. The van der Waals surface area contributed by atoms with Crippen LogP contribution < -0.4 is 5.32 Å². The highest BCUT2D eigenvalue weighted by atomic mass is 16.4. The molecule has 6 nitrogen and oxygen atoms in total. The van der Waals surface area contributed by atoms with Crippen molar-refractivity contribution >= 4 is 22.8 Å². The number of carbonyl (C=O) groups is 2. The fraction of sp³-hybridized carbons (Fsp3) is 0.357. The first-order chi connectivity index (χ1) is 9.63. The topological polar surface area (TPSA) is 95.1 Å². The quantitative estimate of drug-likeness (QED) is 0.749. The summed E-state index contributed by atoms with van der Waals surface area (Å²) in [5.41, 5.74) is 1.13. The summed E-state index contributed by atoms with van der Waals surface area (Å²) < 4.78 is 0. The minimum absolute atomic E-state index is 0.131. The molecule has 1 aromatic heterocycles. The van der Waals surface area contributed by atoms with Gasteiger partial charge in [0.15, 0.2) is 0 Å². The van der Waals surface area contributed by atoms with Crippen LogP contribution in [-0.2, 0) is 4.79 Å². The third-order valence-electron chi connectivity index (χ3n) is 3.22. The molecule has 1 heterocycles. The highest BCUT2D eigenvalue weighted by molar-refractivity contribution is 6.05. The summed E-state index contributed by atoms with van der Waals surface area (Å²) >= 11 is 0. The monoisotopic (exact) mass is 275 g/mol. The summed E-state index contributed by atoms with van der Waals surface area (Å²) in [6.07, 6.45) is 2.95. The van der Waals surface area contributed by atoms with E-state index < -0.39 is 11.9 Å². The number of hydrogen-bond donors (Lipinski definition) is 3. The third-order valence-corrected chi connectivity index (χ3v) is 3.22. The number of carboxylic acid groups (broad SMARTS) is 1. The molecule has 20 heavy (non-hydrogen) atoms. The van der Waals surface area contributed by atoms with Gasteiger partial charge in [-0.1, -0.05) is 25.5 Å². The van der Waals surface area contributed by atoms with Crippen molar-refractivity contribution in [1.82, 2.24) is 15.5 Å². The van der Waals surface area contributed by atoms with Gasteiger partial charge in [0.25, 0.3) is 5.91 Å². The summed E-state index contributed by atoms with van der Waals surface area (Å²) in [6, 6.07) is 5.31. The lowest BCUT2D eigenvalue weighted by Gasteiger charge is -2.12. The Hall–Kier alpha value is -2.37. The number of aromatic amines is 1. The average molecular weight is 275 g/mol. The van der Waals surface area contributed by atoms with Gasteiger partial charge in [-0.3, -0.25) is 14.7 Å². The molecule has 0 bridgehead atoms. The van der Waals surface area contributed by atoms with Crippen molar-refractivity contribution in [2.24, 2.45) is 5.92 Å². The predicted molar refractivity (Wildman–Crippen MR) is 74.5 cm³/mol. The van der Waals surface area contributed by atoms with E-state index in [1.807, 2.05) is 13.0 Å². The Bertz CT molecular complexity index is 621. The molecule has 0 aliphatic heterocycles. The largest absolute Gasteiger partial charge is 0.481 e. The van der Waals surface area contributed by atoms with Gasteiger partial charge in [-0.25, -0.2) is 0 Å². The van der Waals surface area contributed by atoms with Gasteiger partial charge in [0, 0.05) is 11.9 Å². The van der Waals surface area contributed by atoms with Crippen LogP contribution in [0.3, 0.4) is 0 Å². The van der Waals surface area contributed by atoms with Crippen LogP contribution in [0.5, 0.6) is 0 Å². The van der Waals surface area contributed by atoms with Crippen molar-refractivity contribution in [3.63, 3.8) is 0 Å². The number of benzene rings is 1. The molecule has 0 fully saturated rings. The molecule has 3 N–H and O–H groups in total. The first-order valence-corrected chi connectivity index (χ1v) is 6.56. The summed E-state index contributed by atoms with van der Waals surface area (Å²) in [6.45, 7) is 2.05. The molecule has 0 aliphatic carbocycles. The number of para-hydroxylation sites is 1. The van der Waals surface area contributed by atoms with Gasteiger partial charge in [-0.2, -0.15) is 5.10 Å². The Kier molecular flexibility index (Phi) is 4.34. The smallest absolute Gasteiger partial charge is 0.308 e. The van der Waals surface area contributed by atoms with Gasteiger partial charge in [-0.05, 0) is 12.5 Å². The van der Waals surface area contributed by atoms with Gasteiger partial charge >= 0.3 is 5.97 Å². The third kappa shape index (κ3) is 2.96. The first-order valence-electron chi connectivity index (χ1n) is 6.56. The highest BCUT2D eigenvalue weighted by Gasteiger charge is 2.18. The van der Waals surface area contributed by atoms with Crippen LogP contribution in [0.2, 0.25) is 0 Å². The van der Waals surface area contributed by atoms with Crippen molar-refractivity contribution in [2.45, 2.75) is 19.8 Å². The second kappa shape index (κ2) is 6.18. The van der Waals surface area contributed by atoms with Gasteiger partial charge in [-0.15, -0.1) is 0 Å². The Morgan fingerprint density at radius 3 is 2.95 bits per heavy atom. The lowest BCUT2D eigenvalue weighted by molar-refractivity contribution is -0.141. The number of aliphatic carboxylic acids is 1. The molecule has 1 aromatic carbocycles. The molecular weight excluding hydrogens is 258 g/mol. The number of nitrogens with zero attached hydrogens (tertiary/aromatic N) is 1. The number of nitrogens with one attached hydrogen (secondary N) is 2. The molecule has 0 spiro atoms. The summed E-state index contributed by atoms with van der Waals surface area (Å²) in [7, 11) is 0. The van der Waals surface area contributed by atoms with E-state index in [2.05, 4.69) is 15.5 Å². The first kappa shape index (κ1) is 14.0. The molecular formula is C14H17N3O3. The summed E-state index contributed by atoms with van der Waals surface area (Å²) in [4.78, 5) is 23.2. The molecule has 0 radical (unpaired) electrons. The number of aromatic nitrogens is 2. The Labute approximate surface area is 116 Å². The van der Waals surface area contributed by atoms with Gasteiger partial charge in [0.2, 0.25) is 0 Å². The second-order valence-corrected chi connectivity index (χ2v) is 4.67. The molecule has 1 atom stereocenters. The molecule has 0 saturated heterocycles. The van der Waals surface area contributed by atoms with Crippen molar-refractivity contribution in [2.75, 3.05) is 6.54 Å². The number of rotatable bonds is 6. The zero-order chi connectivity index (χ0) is 14.5. The van der Waals surface area contributed by atoms with E-state index in [4.69, 9.17) is 5.11 Å². The van der Waals surface area contributed by atoms with Crippen molar-refractivity contribution in [3.8, 4) is 0 Å². The number of carboxylic acids is 1. The zero-order valence-corrected chi connectivity index (χ0v) is 11.2. The average Bonchev–Trinajstić information content (AvgIpc) is 2.90. The van der Waals surface area contributed by atoms with Gasteiger partial charge in [0.1, 0.15) is 0 Å². The Balaban J connectivity index is 2.08. The molecule has 106 valence electrons. The van der Waals surface area contributed by atoms with Crippen LogP contribution in [-0.4, -0.2) is 33.7 Å². The maximum atomic E-state index is 12.1. The highest BCUT2D eigenvalue weighted by Crippen LogP contribution is 2.15. The molecule has 1 amide bonds. The number of carbonyl (C=O) groups excluding carboxylic acids is 1. The van der Waals surface area contributed by atoms with E-state index in [1.165, 1.54) is 0 Å². The summed E-state index contributed by atoms with van der Waals surface area (Å²) in [5.74, 6) is -1.72. The minimum Gasteiger partial charge on any atom is -0.481 e. The number of amides is 1. The maximum absolute atomic E-state index is 12.1. The fourth-order valence-corrected chi connectivity index (χ4v) is 2.13. The lowest BCUT2D eigenvalue weighted by Crippen LogP contribution is -2.33. The number of hydrogen-bond acceptors (Lipinski definition) is 3. The Morgan fingerprint density at radius 1 is 1.45 bits per heavy atom. The van der Waals surface area contributed by atoms with Crippen LogP contribution >= 0.6 is 0 Å². The molecule has 0 saturated carbocycles. The van der Waals surface area contributed by atoms with Gasteiger partial charge < -0.3 is 10.4 Å². The van der Waals surface area contributed by atoms with E-state index >= 15 is 0 Å². The predicted octanol–water partition coefficient (Wildman–Crippen LogP) is 1.79. The second-order valence-electron chi connectivity index (χ2n) is 4.67. The van der Waals surface area contributed by atoms with E-state index in [0.29, 0.717) is 17.5 Å². The van der Waals surface area contributed by atoms with E-state index in [0.717, 1.165) is 11.8 Å². The molecule has 2 aromatic rings. The number of H-pyrrole nitrogens is 1. The van der Waals surface area contributed by atoms with E-state index in [9.17, 15) is 9.59 Å². The standard InChI is InChI=1S/C14H17N3O3/c1-2-4-10(14(19)20)7-15-13(18)11-6-3-5-9-8-16-17-12(9)11/h3,5-6,8,10H,2,4,7H2,1H3,(H,15,18)(H,16,17)(H,19,20). The van der Waals surface area contributed by atoms with Crippen molar-refractivity contribution in [3.05, 3.63) is 30.0 Å². The van der Waals surface area contributed by atoms with Crippen molar-refractivity contribution in [1.29, 1.82) is 0 Å². The molecule has 0 aliphatic rings. The fourth-order valence-electron chi connectivity index (χ4n) is 2.13. The minimum atomic E-state index is -0.883. The Morgan fingerprint density at radius 2 is 2.25 bits per heavy atom. The lowest BCUT2D eigenvalue weighted by atomic mass is 10.0. The van der Waals surface area contributed by atoms with E-state index in [-0.39, 0.29) is 12.5 Å². The SMILES string of the molecule is CCCC(CNC(=O)c1cccc2cn[nH]c12)C(=O)O. The van der Waals surface area contributed by atoms with Crippen LogP contribution in [0, 0.1) is 5.92 Å². The van der Waals surface area contributed by atoms with Crippen LogP contribution in [0.15, 0.2) is 24.4 Å². The van der Waals surface area contributed by atoms with E-state index in [1.54, 1.807) is 18.3 Å². The number of fused-ring (bicyclic) bond motifs is 1. The molecule has 2 rings (SSSR count). The van der Waals surface area contributed by atoms with Gasteiger partial charge in [0.05, 0.1) is 23.2 Å². The van der Waals surface area contributed by atoms with Crippen LogP contribution in [0.1, 0.15) is 30.1 Å². The molecule has 1 unspecified atom stereocenters.